The smallest absolute Gasteiger partial charge is 0.339 e. The third-order valence-corrected chi connectivity index (χ3v) is 5.30. The predicted octanol–water partition coefficient (Wildman–Crippen LogP) is 3.82. The number of aryl methyl sites for hydroxylation is 1. The van der Waals surface area contributed by atoms with Gasteiger partial charge < -0.3 is 18.6 Å². The van der Waals surface area contributed by atoms with Gasteiger partial charge in [-0.3, -0.25) is 0 Å². The maximum absolute atomic E-state index is 12.0. The predicted molar refractivity (Wildman–Crippen MR) is 107 cm³/mol. The number of hydrogen-bond acceptors (Lipinski definition) is 5. The summed E-state index contributed by atoms with van der Waals surface area (Å²) in [5.41, 5.74) is 2.42. The van der Waals surface area contributed by atoms with Crippen LogP contribution in [0.25, 0.3) is 11.0 Å². The second kappa shape index (κ2) is 7.78. The Balaban J connectivity index is 1.57. The average molecular weight is 380 g/mol. The van der Waals surface area contributed by atoms with Gasteiger partial charge >= 0.3 is 5.63 Å². The highest BCUT2D eigenvalue weighted by molar-refractivity contribution is 5.82. The van der Waals surface area contributed by atoms with Crippen molar-refractivity contribution >= 4 is 11.0 Å². The molecule has 2 aromatic carbocycles. The molecule has 0 N–H and O–H groups in total. The number of ether oxygens (including phenoxy) is 3. The molecule has 2 heterocycles. The highest BCUT2D eigenvalue weighted by Crippen LogP contribution is 2.27. The molecule has 5 heteroatoms. The zero-order valence-electron chi connectivity index (χ0n) is 16.2. The van der Waals surface area contributed by atoms with Gasteiger partial charge in [0.1, 0.15) is 23.5 Å². The molecule has 4 rings (SSSR count). The Kier molecular flexibility index (Phi) is 5.20. The van der Waals surface area contributed by atoms with E-state index in [0.717, 1.165) is 10.9 Å². The minimum absolute atomic E-state index is 0.313. The molecular formula is C23H24O5. The van der Waals surface area contributed by atoms with Crippen LogP contribution in [0.5, 0.6) is 5.75 Å². The first kappa shape index (κ1) is 18.7. The van der Waals surface area contributed by atoms with Crippen molar-refractivity contribution in [2.45, 2.75) is 25.9 Å². The van der Waals surface area contributed by atoms with Crippen LogP contribution in [0.4, 0.5) is 0 Å². The van der Waals surface area contributed by atoms with Gasteiger partial charge in [0.2, 0.25) is 0 Å². The van der Waals surface area contributed by atoms with Gasteiger partial charge in [-0.2, -0.15) is 0 Å². The minimum Gasteiger partial charge on any atom is -0.490 e. The summed E-state index contributed by atoms with van der Waals surface area (Å²) in [6, 6.07) is 15.8. The van der Waals surface area contributed by atoms with Gasteiger partial charge in [-0.1, -0.05) is 30.3 Å². The Morgan fingerprint density at radius 3 is 2.61 bits per heavy atom. The van der Waals surface area contributed by atoms with Gasteiger partial charge in [0.05, 0.1) is 19.8 Å². The van der Waals surface area contributed by atoms with Crippen LogP contribution >= 0.6 is 0 Å². The third kappa shape index (κ3) is 3.81. The first-order chi connectivity index (χ1) is 13.6. The fourth-order valence-electron chi connectivity index (χ4n) is 3.55. The summed E-state index contributed by atoms with van der Waals surface area (Å²) in [6.45, 7) is 5.67. The SMILES string of the molecule is Cc1c(C)c2ccc(OCC3(Cc4ccccc4)COCCO3)cc2oc1=O. The molecule has 1 fully saturated rings. The van der Waals surface area contributed by atoms with Crippen molar-refractivity contribution in [2.24, 2.45) is 0 Å². The molecule has 146 valence electrons. The molecule has 1 atom stereocenters. The lowest BCUT2D eigenvalue weighted by molar-refractivity contribution is -0.170. The van der Waals surface area contributed by atoms with Crippen LogP contribution in [-0.2, 0) is 15.9 Å². The van der Waals surface area contributed by atoms with Gasteiger partial charge in [-0.25, -0.2) is 4.79 Å². The molecule has 1 aliphatic heterocycles. The molecular weight excluding hydrogens is 356 g/mol. The van der Waals surface area contributed by atoms with E-state index in [4.69, 9.17) is 18.6 Å². The van der Waals surface area contributed by atoms with E-state index in [2.05, 4.69) is 12.1 Å². The van der Waals surface area contributed by atoms with E-state index in [1.165, 1.54) is 5.56 Å². The summed E-state index contributed by atoms with van der Waals surface area (Å²) >= 11 is 0. The Hall–Kier alpha value is -2.63. The van der Waals surface area contributed by atoms with Crippen LogP contribution < -0.4 is 10.4 Å². The zero-order valence-corrected chi connectivity index (χ0v) is 16.2. The Labute approximate surface area is 163 Å². The molecule has 1 unspecified atom stereocenters. The summed E-state index contributed by atoms with van der Waals surface area (Å²) in [4.78, 5) is 12.0. The van der Waals surface area contributed by atoms with Crippen LogP contribution in [-0.4, -0.2) is 32.0 Å². The molecule has 5 nitrogen and oxygen atoms in total. The van der Waals surface area contributed by atoms with Crippen molar-refractivity contribution in [3.05, 3.63) is 75.6 Å². The van der Waals surface area contributed by atoms with Crippen molar-refractivity contribution in [2.75, 3.05) is 26.4 Å². The van der Waals surface area contributed by atoms with Crippen molar-refractivity contribution < 1.29 is 18.6 Å². The van der Waals surface area contributed by atoms with Gasteiger partial charge in [0, 0.05) is 23.4 Å². The highest BCUT2D eigenvalue weighted by Gasteiger charge is 2.35. The molecule has 0 bridgehead atoms. The zero-order chi connectivity index (χ0) is 19.6. The van der Waals surface area contributed by atoms with E-state index < -0.39 is 5.60 Å². The summed E-state index contributed by atoms with van der Waals surface area (Å²) in [6.07, 6.45) is 0.703. The maximum atomic E-state index is 12.0. The number of benzene rings is 2. The number of fused-ring (bicyclic) bond motifs is 1. The monoisotopic (exact) mass is 380 g/mol. The highest BCUT2D eigenvalue weighted by atomic mass is 16.6. The third-order valence-electron chi connectivity index (χ3n) is 5.30. The number of rotatable bonds is 5. The van der Waals surface area contributed by atoms with Crippen molar-refractivity contribution in [1.29, 1.82) is 0 Å². The summed E-state index contributed by atoms with van der Waals surface area (Å²) in [7, 11) is 0. The quantitative estimate of drug-likeness (QED) is 0.630. The van der Waals surface area contributed by atoms with Crippen molar-refractivity contribution in [1.82, 2.24) is 0 Å². The first-order valence-corrected chi connectivity index (χ1v) is 9.49. The van der Waals surface area contributed by atoms with E-state index in [1.807, 2.05) is 37.3 Å². The van der Waals surface area contributed by atoms with Crippen LogP contribution in [0.15, 0.2) is 57.7 Å². The Bertz CT molecular complexity index is 1020. The fraction of sp³-hybridized carbons (Fsp3) is 0.348. The second-order valence-corrected chi connectivity index (χ2v) is 7.33. The maximum Gasteiger partial charge on any atom is 0.339 e. The first-order valence-electron chi connectivity index (χ1n) is 9.49. The molecule has 3 aromatic rings. The molecule has 0 spiro atoms. The fourth-order valence-corrected chi connectivity index (χ4v) is 3.55. The van der Waals surface area contributed by atoms with Crippen LogP contribution in [0, 0.1) is 13.8 Å². The average Bonchev–Trinajstić information content (AvgIpc) is 2.72. The summed E-state index contributed by atoms with van der Waals surface area (Å²) < 4.78 is 23.3. The van der Waals surface area contributed by atoms with E-state index in [1.54, 1.807) is 13.0 Å². The van der Waals surface area contributed by atoms with Crippen LogP contribution in [0.3, 0.4) is 0 Å². The lowest BCUT2D eigenvalue weighted by Gasteiger charge is -2.37. The van der Waals surface area contributed by atoms with Gasteiger partial charge in [0.25, 0.3) is 0 Å². The van der Waals surface area contributed by atoms with Gasteiger partial charge in [-0.15, -0.1) is 0 Å². The van der Waals surface area contributed by atoms with E-state index in [0.29, 0.717) is 49.7 Å². The van der Waals surface area contributed by atoms with E-state index >= 15 is 0 Å². The molecule has 1 saturated heterocycles. The molecule has 0 saturated carbocycles. The van der Waals surface area contributed by atoms with E-state index in [9.17, 15) is 4.79 Å². The Morgan fingerprint density at radius 1 is 1.04 bits per heavy atom. The van der Waals surface area contributed by atoms with Crippen molar-refractivity contribution in [3.8, 4) is 5.75 Å². The molecule has 1 aliphatic rings. The number of hydrogen-bond donors (Lipinski definition) is 0. The second-order valence-electron chi connectivity index (χ2n) is 7.33. The standard InChI is InChI=1S/C23H24O5/c1-16-17(2)22(24)28-21-12-19(8-9-20(16)21)26-15-23(14-25-10-11-27-23)13-18-6-4-3-5-7-18/h3-9,12H,10-11,13-15H2,1-2H3. The molecule has 0 amide bonds. The topological polar surface area (TPSA) is 57.9 Å². The largest absolute Gasteiger partial charge is 0.490 e. The normalized spacial score (nSPS) is 19.6. The van der Waals surface area contributed by atoms with Crippen LogP contribution in [0.2, 0.25) is 0 Å². The molecule has 1 aromatic heterocycles. The summed E-state index contributed by atoms with van der Waals surface area (Å²) in [5, 5.41) is 0.917. The molecule has 0 aliphatic carbocycles. The summed E-state index contributed by atoms with van der Waals surface area (Å²) in [5.74, 6) is 0.639. The van der Waals surface area contributed by atoms with Gasteiger partial charge in [-0.05, 0) is 37.1 Å². The Morgan fingerprint density at radius 2 is 1.86 bits per heavy atom. The lowest BCUT2D eigenvalue weighted by atomic mass is 9.95. The molecule has 0 radical (unpaired) electrons. The minimum atomic E-state index is -0.543. The van der Waals surface area contributed by atoms with E-state index in [-0.39, 0.29) is 5.63 Å². The molecule has 28 heavy (non-hydrogen) atoms. The lowest BCUT2D eigenvalue weighted by Crippen LogP contribution is -2.49. The van der Waals surface area contributed by atoms with Crippen LogP contribution in [0.1, 0.15) is 16.7 Å². The van der Waals surface area contributed by atoms with Crippen molar-refractivity contribution in [3.63, 3.8) is 0 Å². The van der Waals surface area contributed by atoms with Gasteiger partial charge in [0.15, 0.2) is 0 Å².